The fourth-order valence-corrected chi connectivity index (χ4v) is 4.28. The predicted molar refractivity (Wildman–Crippen MR) is 102 cm³/mol. The summed E-state index contributed by atoms with van der Waals surface area (Å²) in [6, 6.07) is 10.3. The van der Waals surface area contributed by atoms with E-state index in [1.807, 2.05) is 19.1 Å². The first-order valence-corrected chi connectivity index (χ1v) is 9.34. The molecule has 1 unspecified atom stereocenters. The van der Waals surface area contributed by atoms with Crippen LogP contribution in [-0.4, -0.2) is 37.5 Å². The third-order valence-electron chi connectivity index (χ3n) is 4.35. The van der Waals surface area contributed by atoms with Crippen LogP contribution in [0.5, 0.6) is 0 Å². The lowest BCUT2D eigenvalue weighted by Crippen LogP contribution is -2.15. The number of rotatable bonds is 3. The first-order chi connectivity index (χ1) is 13.0. The quantitative estimate of drug-likeness (QED) is 0.725. The number of fused-ring (bicyclic) bond motifs is 1. The number of benzene rings is 1. The van der Waals surface area contributed by atoms with Gasteiger partial charge >= 0.3 is 5.97 Å². The van der Waals surface area contributed by atoms with Gasteiger partial charge in [-0.1, -0.05) is 6.07 Å². The Kier molecular flexibility index (Phi) is 4.41. The molecule has 7 nitrogen and oxygen atoms in total. The van der Waals surface area contributed by atoms with Gasteiger partial charge in [0.2, 0.25) is 5.91 Å². The number of pyridine rings is 1. The van der Waals surface area contributed by atoms with Crippen LogP contribution >= 0.6 is 11.8 Å². The van der Waals surface area contributed by atoms with Gasteiger partial charge in [-0.25, -0.2) is 9.48 Å². The molecule has 0 aliphatic carbocycles. The molecule has 0 spiro atoms. The second-order valence-corrected chi connectivity index (χ2v) is 7.23. The summed E-state index contributed by atoms with van der Waals surface area (Å²) in [4.78, 5) is 27.6. The summed E-state index contributed by atoms with van der Waals surface area (Å²) in [5, 5.41) is 16.6. The predicted octanol–water partition coefficient (Wildman–Crippen LogP) is 3.05. The largest absolute Gasteiger partial charge is 0.478 e. The van der Waals surface area contributed by atoms with Crippen molar-refractivity contribution in [2.24, 2.45) is 0 Å². The van der Waals surface area contributed by atoms with Gasteiger partial charge in [0.1, 0.15) is 5.82 Å². The minimum atomic E-state index is -0.988. The average Bonchev–Trinajstić information content (AvgIpc) is 2.88. The standard InChI is InChI=1S/C19H16N4O3S/c1-11-16-17(13-3-2-8-20-9-13)27-10-15(24)21-18(16)23(22-11)14-6-4-12(5-7-14)19(25)26/h2-9,17H,10H2,1H3,(H,21,24)(H,25,26). The maximum atomic E-state index is 12.3. The number of hydrogen-bond donors (Lipinski definition) is 2. The number of hydrogen-bond acceptors (Lipinski definition) is 5. The zero-order valence-corrected chi connectivity index (χ0v) is 15.2. The number of aromatic nitrogens is 3. The van der Waals surface area contributed by atoms with Crippen LogP contribution in [0.15, 0.2) is 48.8 Å². The SMILES string of the molecule is Cc1nn(-c2ccc(C(=O)O)cc2)c2c1C(c1cccnc1)SCC(=O)N2. The summed E-state index contributed by atoms with van der Waals surface area (Å²) >= 11 is 1.53. The molecule has 4 rings (SSSR count). The molecule has 0 saturated heterocycles. The molecule has 0 radical (unpaired) electrons. The average molecular weight is 380 g/mol. The minimum absolute atomic E-state index is 0.0697. The third kappa shape index (κ3) is 3.19. The molecular formula is C19H16N4O3S. The second kappa shape index (κ2) is 6.88. The van der Waals surface area contributed by atoms with E-state index in [1.165, 1.54) is 23.9 Å². The van der Waals surface area contributed by atoms with Crippen molar-refractivity contribution in [1.82, 2.24) is 14.8 Å². The van der Waals surface area contributed by atoms with Crippen molar-refractivity contribution in [1.29, 1.82) is 0 Å². The van der Waals surface area contributed by atoms with Crippen molar-refractivity contribution in [2.45, 2.75) is 12.2 Å². The van der Waals surface area contributed by atoms with Crippen LogP contribution in [0.25, 0.3) is 5.69 Å². The Hall–Kier alpha value is -3.13. The van der Waals surface area contributed by atoms with Gasteiger partial charge in [0.05, 0.1) is 27.9 Å². The van der Waals surface area contributed by atoms with E-state index in [0.29, 0.717) is 17.3 Å². The van der Waals surface area contributed by atoms with Crippen molar-refractivity contribution in [3.8, 4) is 5.69 Å². The Bertz CT molecular complexity index is 1020. The Balaban J connectivity index is 1.85. The number of carboxylic acids is 1. The van der Waals surface area contributed by atoms with Gasteiger partial charge in [0.15, 0.2) is 0 Å². The number of aryl methyl sites for hydroxylation is 1. The minimum Gasteiger partial charge on any atom is -0.478 e. The first kappa shape index (κ1) is 17.3. The number of carbonyl (C=O) groups excluding carboxylic acids is 1. The van der Waals surface area contributed by atoms with Crippen molar-refractivity contribution in [3.63, 3.8) is 0 Å². The summed E-state index contributed by atoms with van der Waals surface area (Å²) in [7, 11) is 0. The monoisotopic (exact) mass is 380 g/mol. The summed E-state index contributed by atoms with van der Waals surface area (Å²) in [5.74, 6) is -0.153. The topological polar surface area (TPSA) is 97.1 Å². The normalized spacial score (nSPS) is 16.3. The van der Waals surface area contributed by atoms with E-state index in [0.717, 1.165) is 16.8 Å². The van der Waals surface area contributed by atoms with Gasteiger partial charge in [-0.15, -0.1) is 11.8 Å². The highest BCUT2D eigenvalue weighted by atomic mass is 32.2. The van der Waals surface area contributed by atoms with Crippen molar-refractivity contribution >= 4 is 29.5 Å². The highest BCUT2D eigenvalue weighted by Gasteiger charge is 2.30. The second-order valence-electron chi connectivity index (χ2n) is 6.14. The highest BCUT2D eigenvalue weighted by Crippen LogP contribution is 2.43. The zero-order chi connectivity index (χ0) is 19.0. The van der Waals surface area contributed by atoms with Crippen LogP contribution in [0.3, 0.4) is 0 Å². The molecule has 27 heavy (non-hydrogen) atoms. The van der Waals surface area contributed by atoms with E-state index in [1.54, 1.807) is 29.2 Å². The molecule has 3 heterocycles. The third-order valence-corrected chi connectivity index (χ3v) is 5.62. The molecule has 1 atom stereocenters. The summed E-state index contributed by atoms with van der Waals surface area (Å²) in [5.41, 5.74) is 3.61. The number of nitrogens with zero attached hydrogens (tertiary/aromatic N) is 3. The molecule has 1 amide bonds. The van der Waals surface area contributed by atoms with Gasteiger partial charge in [-0.05, 0) is 42.8 Å². The van der Waals surface area contributed by atoms with Crippen LogP contribution < -0.4 is 5.32 Å². The lowest BCUT2D eigenvalue weighted by molar-refractivity contribution is -0.113. The maximum absolute atomic E-state index is 12.3. The molecule has 2 aromatic heterocycles. The molecule has 136 valence electrons. The van der Waals surface area contributed by atoms with Crippen LogP contribution in [0.2, 0.25) is 0 Å². The number of carbonyl (C=O) groups is 2. The smallest absolute Gasteiger partial charge is 0.335 e. The zero-order valence-electron chi connectivity index (χ0n) is 14.4. The van der Waals surface area contributed by atoms with Crippen LogP contribution in [0.4, 0.5) is 5.82 Å². The van der Waals surface area contributed by atoms with E-state index in [2.05, 4.69) is 15.4 Å². The van der Waals surface area contributed by atoms with Crippen molar-refractivity contribution in [2.75, 3.05) is 11.1 Å². The molecule has 0 saturated carbocycles. The molecule has 2 N–H and O–H groups in total. The molecule has 0 bridgehead atoms. The molecule has 1 aliphatic heterocycles. The molecule has 1 aliphatic rings. The highest BCUT2D eigenvalue weighted by molar-refractivity contribution is 8.00. The van der Waals surface area contributed by atoms with Crippen LogP contribution in [0, 0.1) is 6.92 Å². The Morgan fingerprint density at radius 2 is 2.07 bits per heavy atom. The Labute approximate surface area is 159 Å². The van der Waals surface area contributed by atoms with E-state index in [4.69, 9.17) is 5.11 Å². The van der Waals surface area contributed by atoms with Crippen LogP contribution in [-0.2, 0) is 4.79 Å². The van der Waals surface area contributed by atoms with E-state index in [-0.39, 0.29) is 16.7 Å². The number of carboxylic acid groups (broad SMARTS) is 1. The lowest BCUT2D eigenvalue weighted by atomic mass is 10.1. The Morgan fingerprint density at radius 3 is 2.74 bits per heavy atom. The molecule has 8 heteroatoms. The van der Waals surface area contributed by atoms with Gasteiger partial charge in [0.25, 0.3) is 0 Å². The van der Waals surface area contributed by atoms with Crippen molar-refractivity contribution in [3.05, 3.63) is 71.2 Å². The van der Waals surface area contributed by atoms with E-state index >= 15 is 0 Å². The molecule has 1 aromatic carbocycles. The van der Waals surface area contributed by atoms with Gasteiger partial charge in [-0.2, -0.15) is 5.10 Å². The molecule has 0 fully saturated rings. The number of amides is 1. The summed E-state index contributed by atoms with van der Waals surface area (Å²) < 4.78 is 1.66. The number of nitrogens with one attached hydrogen (secondary N) is 1. The van der Waals surface area contributed by atoms with E-state index < -0.39 is 5.97 Å². The summed E-state index contributed by atoms with van der Waals surface area (Å²) in [6.07, 6.45) is 3.52. The molecular weight excluding hydrogens is 364 g/mol. The van der Waals surface area contributed by atoms with E-state index in [9.17, 15) is 9.59 Å². The number of aromatic carboxylic acids is 1. The molecule has 3 aromatic rings. The van der Waals surface area contributed by atoms with Gasteiger partial charge in [0, 0.05) is 18.0 Å². The fraction of sp³-hybridized carbons (Fsp3) is 0.158. The maximum Gasteiger partial charge on any atom is 0.335 e. The number of anilines is 1. The Morgan fingerprint density at radius 1 is 1.30 bits per heavy atom. The van der Waals surface area contributed by atoms with Gasteiger partial charge in [-0.3, -0.25) is 9.78 Å². The fourth-order valence-electron chi connectivity index (χ4n) is 3.11. The first-order valence-electron chi connectivity index (χ1n) is 8.29. The summed E-state index contributed by atoms with van der Waals surface area (Å²) in [6.45, 7) is 1.91. The lowest BCUT2D eigenvalue weighted by Gasteiger charge is -2.14. The van der Waals surface area contributed by atoms with Gasteiger partial charge < -0.3 is 10.4 Å². The van der Waals surface area contributed by atoms with Crippen molar-refractivity contribution < 1.29 is 14.7 Å². The number of thioether (sulfide) groups is 1. The van der Waals surface area contributed by atoms with Crippen LogP contribution in [0.1, 0.15) is 32.4 Å².